The van der Waals surface area contributed by atoms with Gasteiger partial charge in [0, 0.05) is 6.04 Å². The second-order valence-corrected chi connectivity index (χ2v) is 5.65. The molecule has 1 aromatic rings. The van der Waals surface area contributed by atoms with Gasteiger partial charge < -0.3 is 5.32 Å². The van der Waals surface area contributed by atoms with Gasteiger partial charge in [-0.15, -0.1) is 0 Å². The molecule has 1 saturated carbocycles. The first-order valence-corrected chi connectivity index (χ1v) is 7.40. The molecule has 20 heavy (non-hydrogen) atoms. The largest absolute Gasteiger partial charge is 0.391 e. The summed E-state index contributed by atoms with van der Waals surface area (Å²) in [5.41, 5.74) is 1.28. The Morgan fingerprint density at radius 3 is 2.55 bits per heavy atom. The second-order valence-electron chi connectivity index (χ2n) is 5.65. The first-order valence-electron chi connectivity index (χ1n) is 7.40. The Labute approximate surface area is 118 Å². The van der Waals surface area contributed by atoms with Gasteiger partial charge in [0.1, 0.15) is 0 Å². The highest BCUT2D eigenvalue weighted by Gasteiger charge is 2.41. The van der Waals surface area contributed by atoms with E-state index in [9.17, 15) is 13.2 Å². The molecule has 0 saturated heterocycles. The molecule has 0 heterocycles. The molecule has 0 aliphatic heterocycles. The topological polar surface area (TPSA) is 12.0 Å². The molecule has 1 aliphatic rings. The highest BCUT2D eigenvalue weighted by molar-refractivity contribution is 5.14. The van der Waals surface area contributed by atoms with E-state index in [1.54, 1.807) is 0 Å². The summed E-state index contributed by atoms with van der Waals surface area (Å²) >= 11 is 0. The van der Waals surface area contributed by atoms with Crippen LogP contribution in [0.25, 0.3) is 0 Å². The van der Waals surface area contributed by atoms with E-state index in [1.165, 1.54) is 5.56 Å². The fourth-order valence-corrected chi connectivity index (χ4v) is 2.92. The van der Waals surface area contributed by atoms with Crippen LogP contribution in [0.15, 0.2) is 30.3 Å². The monoisotopic (exact) mass is 285 g/mol. The molecule has 4 heteroatoms. The molecule has 1 nitrogen and oxygen atoms in total. The zero-order chi connectivity index (χ0) is 14.4. The van der Waals surface area contributed by atoms with Crippen molar-refractivity contribution in [3.8, 4) is 0 Å². The van der Waals surface area contributed by atoms with Gasteiger partial charge in [0.25, 0.3) is 0 Å². The van der Waals surface area contributed by atoms with Gasteiger partial charge in [-0.3, -0.25) is 0 Å². The van der Waals surface area contributed by atoms with Gasteiger partial charge in [-0.05, 0) is 44.2 Å². The van der Waals surface area contributed by atoms with Gasteiger partial charge in [0.15, 0.2) is 0 Å². The molecular formula is C16H22F3N. The highest BCUT2D eigenvalue weighted by Crippen LogP contribution is 2.37. The summed E-state index contributed by atoms with van der Waals surface area (Å²) in [6, 6.07) is 10.2. The highest BCUT2D eigenvalue weighted by atomic mass is 19.4. The number of aryl methyl sites for hydroxylation is 1. The van der Waals surface area contributed by atoms with E-state index < -0.39 is 12.1 Å². The molecule has 2 rings (SSSR count). The van der Waals surface area contributed by atoms with Gasteiger partial charge >= 0.3 is 6.18 Å². The van der Waals surface area contributed by atoms with Crippen molar-refractivity contribution in [2.45, 2.75) is 50.7 Å². The SMILES string of the molecule is FC(F)(F)C1CCCC(NCCCc2ccccc2)C1. The molecule has 2 atom stereocenters. The van der Waals surface area contributed by atoms with Crippen LogP contribution in [0.2, 0.25) is 0 Å². The lowest BCUT2D eigenvalue weighted by molar-refractivity contribution is -0.183. The quantitative estimate of drug-likeness (QED) is 0.794. The predicted molar refractivity (Wildman–Crippen MR) is 74.6 cm³/mol. The molecule has 2 unspecified atom stereocenters. The number of hydrogen-bond acceptors (Lipinski definition) is 1. The molecule has 0 amide bonds. The van der Waals surface area contributed by atoms with Crippen LogP contribution < -0.4 is 5.32 Å². The summed E-state index contributed by atoms with van der Waals surface area (Å²) < 4.78 is 38.1. The molecule has 1 aromatic carbocycles. The van der Waals surface area contributed by atoms with Crippen molar-refractivity contribution in [1.82, 2.24) is 5.32 Å². The minimum absolute atomic E-state index is 0.0335. The van der Waals surface area contributed by atoms with Crippen molar-refractivity contribution in [3.63, 3.8) is 0 Å². The third-order valence-corrected chi connectivity index (χ3v) is 4.06. The Bertz CT molecular complexity index is 388. The maximum atomic E-state index is 12.7. The van der Waals surface area contributed by atoms with E-state index in [2.05, 4.69) is 17.4 Å². The average molecular weight is 285 g/mol. The van der Waals surface area contributed by atoms with Crippen molar-refractivity contribution in [2.24, 2.45) is 5.92 Å². The summed E-state index contributed by atoms with van der Waals surface area (Å²) in [4.78, 5) is 0. The minimum Gasteiger partial charge on any atom is -0.314 e. The Hall–Kier alpha value is -1.03. The summed E-state index contributed by atoms with van der Waals surface area (Å²) in [7, 11) is 0. The lowest BCUT2D eigenvalue weighted by atomic mass is 9.85. The minimum atomic E-state index is -4.02. The number of hydrogen-bond donors (Lipinski definition) is 1. The Balaban J connectivity index is 1.66. The molecule has 0 aromatic heterocycles. The van der Waals surface area contributed by atoms with Crippen molar-refractivity contribution >= 4 is 0 Å². The van der Waals surface area contributed by atoms with Crippen LogP contribution in [0.5, 0.6) is 0 Å². The number of alkyl halides is 3. The second kappa shape index (κ2) is 7.11. The van der Waals surface area contributed by atoms with Gasteiger partial charge in [-0.2, -0.15) is 13.2 Å². The molecule has 1 aliphatic carbocycles. The maximum absolute atomic E-state index is 12.7. The third kappa shape index (κ3) is 4.82. The van der Waals surface area contributed by atoms with Crippen LogP contribution >= 0.6 is 0 Å². The number of halogens is 3. The standard InChI is InChI=1S/C16H22F3N/c17-16(18,19)14-9-4-10-15(12-14)20-11-5-8-13-6-2-1-3-7-13/h1-3,6-7,14-15,20H,4-5,8-12H2. The van der Waals surface area contributed by atoms with E-state index in [1.807, 2.05) is 18.2 Å². The Kier molecular flexibility index (Phi) is 5.46. The third-order valence-electron chi connectivity index (χ3n) is 4.06. The molecule has 112 valence electrons. The molecule has 0 radical (unpaired) electrons. The molecule has 0 bridgehead atoms. The summed E-state index contributed by atoms with van der Waals surface area (Å²) in [5.74, 6) is -1.11. The molecule has 1 fully saturated rings. The Morgan fingerprint density at radius 1 is 1.10 bits per heavy atom. The number of rotatable bonds is 5. The molecule has 1 N–H and O–H groups in total. The van der Waals surface area contributed by atoms with Crippen LogP contribution in [0.4, 0.5) is 13.2 Å². The average Bonchev–Trinajstić information content (AvgIpc) is 2.44. The van der Waals surface area contributed by atoms with Crippen LogP contribution in [-0.2, 0) is 6.42 Å². The van der Waals surface area contributed by atoms with Gasteiger partial charge in [0.05, 0.1) is 5.92 Å². The van der Waals surface area contributed by atoms with Gasteiger partial charge in [0.2, 0.25) is 0 Å². The summed E-state index contributed by atoms with van der Waals surface area (Å²) in [5, 5.41) is 3.29. The van der Waals surface area contributed by atoms with Crippen LogP contribution in [0.1, 0.15) is 37.7 Å². The lowest BCUT2D eigenvalue weighted by Gasteiger charge is -2.31. The maximum Gasteiger partial charge on any atom is 0.391 e. The predicted octanol–water partition coefficient (Wildman–Crippen LogP) is 4.33. The molecule has 0 spiro atoms. The van der Waals surface area contributed by atoms with Crippen molar-refractivity contribution in [2.75, 3.05) is 6.54 Å². The zero-order valence-corrected chi connectivity index (χ0v) is 11.6. The fraction of sp³-hybridized carbons (Fsp3) is 0.625. The van der Waals surface area contributed by atoms with E-state index in [0.717, 1.165) is 25.8 Å². The van der Waals surface area contributed by atoms with Crippen molar-refractivity contribution in [3.05, 3.63) is 35.9 Å². The van der Waals surface area contributed by atoms with E-state index >= 15 is 0 Å². The lowest BCUT2D eigenvalue weighted by Crippen LogP contribution is -2.39. The number of nitrogens with one attached hydrogen (secondary N) is 1. The first kappa shape index (κ1) is 15.4. The summed E-state index contributed by atoms with van der Waals surface area (Å²) in [6.07, 6.45) is 0.0177. The molecular weight excluding hydrogens is 263 g/mol. The first-order chi connectivity index (χ1) is 9.55. The smallest absolute Gasteiger partial charge is 0.314 e. The van der Waals surface area contributed by atoms with Crippen molar-refractivity contribution in [1.29, 1.82) is 0 Å². The Morgan fingerprint density at radius 2 is 1.85 bits per heavy atom. The summed E-state index contributed by atoms with van der Waals surface area (Å²) in [6.45, 7) is 0.796. The number of benzene rings is 1. The van der Waals surface area contributed by atoms with E-state index in [-0.39, 0.29) is 12.5 Å². The fourth-order valence-electron chi connectivity index (χ4n) is 2.92. The van der Waals surface area contributed by atoms with Crippen molar-refractivity contribution < 1.29 is 13.2 Å². The van der Waals surface area contributed by atoms with Gasteiger partial charge in [-0.1, -0.05) is 36.8 Å². The van der Waals surface area contributed by atoms with E-state index in [4.69, 9.17) is 0 Å². The van der Waals surface area contributed by atoms with Crippen LogP contribution in [0, 0.1) is 5.92 Å². The normalized spacial score (nSPS) is 23.8. The van der Waals surface area contributed by atoms with Gasteiger partial charge in [-0.25, -0.2) is 0 Å². The zero-order valence-electron chi connectivity index (χ0n) is 11.6. The van der Waals surface area contributed by atoms with Crippen LogP contribution in [0.3, 0.4) is 0 Å². The van der Waals surface area contributed by atoms with E-state index in [0.29, 0.717) is 12.8 Å². The van der Waals surface area contributed by atoms with Crippen LogP contribution in [-0.4, -0.2) is 18.8 Å².